The Labute approximate surface area is 111 Å². The van der Waals surface area contributed by atoms with Gasteiger partial charge in [-0.2, -0.15) is 0 Å². The number of nitrogens with two attached hydrogens (primary N) is 1. The molecule has 0 aliphatic carbocycles. The number of Topliss-reactive ketones (excluding diaryl/α,β-unsaturated/α-hetero) is 1. The van der Waals surface area contributed by atoms with E-state index >= 15 is 0 Å². The molecule has 0 bridgehead atoms. The highest BCUT2D eigenvalue weighted by molar-refractivity contribution is 6.42. The summed E-state index contributed by atoms with van der Waals surface area (Å²) in [4.78, 5) is 36.9. The van der Waals surface area contributed by atoms with Gasteiger partial charge in [-0.15, -0.1) is 0 Å². The van der Waals surface area contributed by atoms with Crippen molar-refractivity contribution >= 4 is 28.3 Å². The minimum Gasteiger partial charge on any atom is -0.422 e. The summed E-state index contributed by atoms with van der Waals surface area (Å²) < 4.78 is 4.96. The van der Waals surface area contributed by atoms with Gasteiger partial charge in [-0.3, -0.25) is 9.59 Å². The standard InChI is InChI=1S/C12H8N4O4/c1-5-7-3-2-6(15-16-14)4-8(7)20-12(19)9(5)10(17)11(13)18/h2-4H,1H3,(H2,13,18). The molecule has 0 aliphatic heterocycles. The van der Waals surface area contributed by atoms with Gasteiger partial charge in [-0.05, 0) is 24.1 Å². The normalized spacial score (nSPS) is 10.1. The Morgan fingerprint density at radius 2 is 2.10 bits per heavy atom. The van der Waals surface area contributed by atoms with Gasteiger partial charge in [0.25, 0.3) is 11.7 Å². The predicted octanol–water partition coefficient (Wildman–Crippen LogP) is 1.71. The van der Waals surface area contributed by atoms with Gasteiger partial charge in [-0.25, -0.2) is 4.79 Å². The zero-order chi connectivity index (χ0) is 14.9. The molecule has 20 heavy (non-hydrogen) atoms. The molecular weight excluding hydrogens is 264 g/mol. The minimum absolute atomic E-state index is 0.151. The summed E-state index contributed by atoms with van der Waals surface area (Å²) in [6.07, 6.45) is 0. The lowest BCUT2D eigenvalue weighted by atomic mass is 10.0. The number of azide groups is 1. The number of carbonyl (C=O) groups is 2. The maximum Gasteiger partial charge on any atom is 0.348 e. The lowest BCUT2D eigenvalue weighted by Gasteiger charge is -2.05. The Kier molecular flexibility index (Phi) is 3.24. The maximum absolute atomic E-state index is 11.8. The Hall–Kier alpha value is -3.12. The van der Waals surface area contributed by atoms with Crippen LogP contribution in [0.25, 0.3) is 21.4 Å². The molecule has 8 heteroatoms. The number of rotatable bonds is 3. The third-order valence-corrected chi connectivity index (χ3v) is 2.76. The Balaban J connectivity index is 2.81. The highest BCUT2D eigenvalue weighted by Crippen LogP contribution is 2.24. The van der Waals surface area contributed by atoms with Gasteiger partial charge >= 0.3 is 5.63 Å². The van der Waals surface area contributed by atoms with Gasteiger partial charge in [0.1, 0.15) is 11.1 Å². The summed E-state index contributed by atoms with van der Waals surface area (Å²) in [5.74, 6) is -2.33. The molecule has 0 fully saturated rings. The van der Waals surface area contributed by atoms with Crippen molar-refractivity contribution in [2.45, 2.75) is 6.92 Å². The van der Waals surface area contributed by atoms with E-state index in [0.717, 1.165) is 0 Å². The molecule has 0 atom stereocenters. The molecule has 1 aromatic carbocycles. The molecule has 2 rings (SSSR count). The van der Waals surface area contributed by atoms with Crippen LogP contribution in [0.5, 0.6) is 0 Å². The van der Waals surface area contributed by atoms with E-state index in [0.29, 0.717) is 5.39 Å². The summed E-state index contributed by atoms with van der Waals surface area (Å²) in [7, 11) is 0. The molecule has 1 heterocycles. The summed E-state index contributed by atoms with van der Waals surface area (Å²) in [5.41, 5.74) is 12.6. The molecule has 2 aromatic rings. The number of primary amides is 1. The van der Waals surface area contributed by atoms with Gasteiger partial charge < -0.3 is 10.2 Å². The van der Waals surface area contributed by atoms with E-state index in [9.17, 15) is 14.4 Å². The number of hydrogen-bond donors (Lipinski definition) is 1. The predicted molar refractivity (Wildman–Crippen MR) is 69.6 cm³/mol. The van der Waals surface area contributed by atoms with E-state index in [4.69, 9.17) is 15.7 Å². The highest BCUT2D eigenvalue weighted by atomic mass is 16.4. The van der Waals surface area contributed by atoms with Crippen LogP contribution in [0.15, 0.2) is 32.5 Å². The van der Waals surface area contributed by atoms with E-state index in [1.807, 2.05) is 0 Å². The van der Waals surface area contributed by atoms with Crippen LogP contribution in [0, 0.1) is 6.92 Å². The number of amides is 1. The third-order valence-electron chi connectivity index (χ3n) is 2.76. The van der Waals surface area contributed by atoms with E-state index in [1.165, 1.54) is 25.1 Å². The second-order valence-corrected chi connectivity index (χ2v) is 3.95. The number of hydrogen-bond acceptors (Lipinski definition) is 5. The van der Waals surface area contributed by atoms with Crippen molar-refractivity contribution in [2.75, 3.05) is 0 Å². The quantitative estimate of drug-likeness (QED) is 0.227. The Morgan fingerprint density at radius 1 is 1.40 bits per heavy atom. The monoisotopic (exact) mass is 272 g/mol. The minimum atomic E-state index is -1.23. The molecule has 0 unspecified atom stereocenters. The number of nitrogens with zero attached hydrogens (tertiary/aromatic N) is 3. The SMILES string of the molecule is Cc1c(C(=O)C(N)=O)c(=O)oc2cc(N=[N+]=[N-])ccc12. The second-order valence-electron chi connectivity index (χ2n) is 3.95. The smallest absolute Gasteiger partial charge is 0.348 e. The summed E-state index contributed by atoms with van der Waals surface area (Å²) in [5, 5.41) is 3.83. The molecular formula is C12H8N4O4. The number of carbonyl (C=O) groups excluding carboxylic acids is 2. The van der Waals surface area contributed by atoms with Crippen LogP contribution < -0.4 is 11.4 Å². The van der Waals surface area contributed by atoms with Crippen molar-refractivity contribution in [1.82, 2.24) is 0 Å². The van der Waals surface area contributed by atoms with Crippen molar-refractivity contribution in [1.29, 1.82) is 0 Å². The molecule has 0 radical (unpaired) electrons. The van der Waals surface area contributed by atoms with Crippen LogP contribution in [0.2, 0.25) is 0 Å². The average molecular weight is 272 g/mol. The topological polar surface area (TPSA) is 139 Å². The van der Waals surface area contributed by atoms with Gasteiger partial charge in [0.15, 0.2) is 0 Å². The first-order valence-electron chi connectivity index (χ1n) is 5.42. The molecule has 1 aromatic heterocycles. The van der Waals surface area contributed by atoms with E-state index in [1.54, 1.807) is 0 Å². The van der Waals surface area contributed by atoms with Crippen LogP contribution in [0.3, 0.4) is 0 Å². The molecule has 2 N–H and O–H groups in total. The number of fused-ring (bicyclic) bond motifs is 1. The fourth-order valence-electron chi connectivity index (χ4n) is 1.84. The van der Waals surface area contributed by atoms with Gasteiger partial charge in [-0.1, -0.05) is 17.2 Å². The zero-order valence-electron chi connectivity index (χ0n) is 10.3. The largest absolute Gasteiger partial charge is 0.422 e. The van der Waals surface area contributed by atoms with Crippen LogP contribution in [-0.2, 0) is 4.79 Å². The maximum atomic E-state index is 11.8. The zero-order valence-corrected chi connectivity index (χ0v) is 10.3. The Morgan fingerprint density at radius 3 is 2.70 bits per heavy atom. The second kappa shape index (κ2) is 4.87. The fourth-order valence-corrected chi connectivity index (χ4v) is 1.84. The van der Waals surface area contributed by atoms with Crippen molar-refractivity contribution in [3.63, 3.8) is 0 Å². The number of ketones is 1. The van der Waals surface area contributed by atoms with Crippen LogP contribution in [0.4, 0.5) is 5.69 Å². The molecule has 8 nitrogen and oxygen atoms in total. The first kappa shape index (κ1) is 13.3. The highest BCUT2D eigenvalue weighted by Gasteiger charge is 2.22. The number of benzene rings is 1. The molecule has 0 aliphatic rings. The summed E-state index contributed by atoms with van der Waals surface area (Å²) in [6.45, 7) is 1.50. The van der Waals surface area contributed by atoms with Crippen LogP contribution in [-0.4, -0.2) is 11.7 Å². The molecule has 0 saturated heterocycles. The van der Waals surface area contributed by atoms with Crippen molar-refractivity contribution < 1.29 is 14.0 Å². The Bertz CT molecular complexity index is 846. The van der Waals surface area contributed by atoms with Gasteiger partial charge in [0.05, 0.1) is 0 Å². The van der Waals surface area contributed by atoms with Gasteiger partial charge in [0.2, 0.25) is 0 Å². The van der Waals surface area contributed by atoms with Crippen molar-refractivity contribution in [3.8, 4) is 0 Å². The number of aryl methyl sites for hydroxylation is 1. The van der Waals surface area contributed by atoms with Crippen molar-refractivity contribution in [2.24, 2.45) is 10.8 Å². The van der Waals surface area contributed by atoms with E-state index in [2.05, 4.69) is 10.0 Å². The van der Waals surface area contributed by atoms with E-state index in [-0.39, 0.29) is 22.4 Å². The first-order valence-corrected chi connectivity index (χ1v) is 5.42. The lowest BCUT2D eigenvalue weighted by Crippen LogP contribution is -2.29. The summed E-state index contributed by atoms with van der Waals surface area (Å²) in [6, 6.07) is 4.38. The average Bonchev–Trinajstić information content (AvgIpc) is 2.38. The van der Waals surface area contributed by atoms with Gasteiger partial charge in [0, 0.05) is 16.0 Å². The summed E-state index contributed by atoms with van der Waals surface area (Å²) >= 11 is 0. The van der Waals surface area contributed by atoms with E-state index < -0.39 is 17.3 Å². The lowest BCUT2D eigenvalue weighted by molar-refractivity contribution is -0.114. The van der Waals surface area contributed by atoms with Crippen molar-refractivity contribution in [3.05, 3.63) is 50.2 Å². The molecule has 1 amide bonds. The molecule has 0 spiro atoms. The first-order chi connectivity index (χ1) is 9.45. The third kappa shape index (κ3) is 2.11. The van der Waals surface area contributed by atoms with Crippen LogP contribution in [0.1, 0.15) is 15.9 Å². The molecule has 100 valence electrons. The molecule has 0 saturated carbocycles. The fraction of sp³-hybridized carbons (Fsp3) is 0.0833. The van der Waals surface area contributed by atoms with Crippen LogP contribution >= 0.6 is 0 Å².